The van der Waals surface area contributed by atoms with Gasteiger partial charge in [0.2, 0.25) is 11.8 Å². The molecule has 32 heavy (non-hydrogen) atoms. The van der Waals surface area contributed by atoms with Crippen LogP contribution in [-0.4, -0.2) is 80.6 Å². The van der Waals surface area contributed by atoms with Gasteiger partial charge in [-0.25, -0.2) is 0 Å². The second-order valence-corrected chi connectivity index (χ2v) is 11.4. The van der Waals surface area contributed by atoms with Crippen LogP contribution >= 0.6 is 11.8 Å². The van der Waals surface area contributed by atoms with Gasteiger partial charge in [-0.2, -0.15) is 0 Å². The Balaban J connectivity index is 2.05. The lowest BCUT2D eigenvalue weighted by Crippen LogP contribution is -2.56. The fourth-order valence-electron chi connectivity index (χ4n) is 6.13. The molecule has 3 heterocycles. The monoisotopic (exact) mass is 466 g/mol. The zero-order chi connectivity index (χ0) is 23.7. The summed E-state index contributed by atoms with van der Waals surface area (Å²) in [6, 6.07) is -0.618. The molecule has 3 fully saturated rings. The lowest BCUT2D eigenvalue weighted by atomic mass is 9.66. The summed E-state index contributed by atoms with van der Waals surface area (Å²) in [6.07, 6.45) is 5.44. The van der Waals surface area contributed by atoms with Crippen LogP contribution in [0.4, 0.5) is 0 Å². The number of aliphatic hydroxyl groups excluding tert-OH is 1. The molecule has 0 aliphatic carbocycles. The number of esters is 1. The maximum absolute atomic E-state index is 14.1. The van der Waals surface area contributed by atoms with E-state index in [1.54, 1.807) is 29.7 Å². The van der Waals surface area contributed by atoms with Crippen molar-refractivity contribution in [2.75, 3.05) is 26.3 Å². The molecule has 3 aliphatic heterocycles. The average molecular weight is 467 g/mol. The molecule has 3 saturated heterocycles. The highest BCUT2D eigenvalue weighted by Crippen LogP contribution is 2.71. The fourth-order valence-corrected chi connectivity index (χ4v) is 8.47. The van der Waals surface area contributed by atoms with Crippen LogP contribution in [0.2, 0.25) is 0 Å². The van der Waals surface area contributed by atoms with Crippen LogP contribution in [0.15, 0.2) is 12.7 Å². The quantitative estimate of drug-likeness (QED) is 0.372. The van der Waals surface area contributed by atoms with Crippen LogP contribution in [0.25, 0.3) is 0 Å². The predicted molar refractivity (Wildman–Crippen MR) is 125 cm³/mol. The van der Waals surface area contributed by atoms with Gasteiger partial charge in [0.05, 0.1) is 23.2 Å². The molecule has 7 nitrogen and oxygen atoms in total. The van der Waals surface area contributed by atoms with E-state index in [1.807, 2.05) is 18.7 Å². The minimum absolute atomic E-state index is 0.0239. The number of rotatable bonds is 11. The Morgan fingerprint density at radius 2 is 2.12 bits per heavy atom. The van der Waals surface area contributed by atoms with Gasteiger partial charge in [0, 0.05) is 30.5 Å². The molecule has 0 aromatic heterocycles. The summed E-state index contributed by atoms with van der Waals surface area (Å²) >= 11 is 1.65. The Morgan fingerprint density at radius 1 is 1.41 bits per heavy atom. The van der Waals surface area contributed by atoms with Crippen LogP contribution in [0.5, 0.6) is 0 Å². The van der Waals surface area contributed by atoms with E-state index in [0.717, 1.165) is 25.7 Å². The van der Waals surface area contributed by atoms with Gasteiger partial charge in [-0.15, -0.1) is 18.3 Å². The van der Waals surface area contributed by atoms with Crippen molar-refractivity contribution in [3.63, 3.8) is 0 Å². The zero-order valence-corrected chi connectivity index (χ0v) is 20.7. The average Bonchev–Trinajstić information content (AvgIpc) is 3.31. The molecular weight excluding hydrogens is 428 g/mol. The number of hydrogen-bond acceptors (Lipinski definition) is 6. The van der Waals surface area contributed by atoms with Gasteiger partial charge >= 0.3 is 5.97 Å². The first-order valence-electron chi connectivity index (χ1n) is 11.9. The van der Waals surface area contributed by atoms with E-state index in [2.05, 4.69) is 13.5 Å². The van der Waals surface area contributed by atoms with Crippen molar-refractivity contribution < 1.29 is 24.2 Å². The van der Waals surface area contributed by atoms with Gasteiger partial charge in [-0.3, -0.25) is 14.4 Å². The molecule has 6 atom stereocenters. The van der Waals surface area contributed by atoms with Crippen molar-refractivity contribution in [1.29, 1.82) is 0 Å². The number of likely N-dealkylation sites (tertiary alicyclic amines) is 1. The number of carbonyl (C=O) groups is 3. The van der Waals surface area contributed by atoms with E-state index < -0.39 is 27.4 Å². The summed E-state index contributed by atoms with van der Waals surface area (Å²) in [7, 11) is 0. The minimum atomic E-state index is -0.642. The number of amides is 2. The predicted octanol–water partition coefficient (Wildman–Crippen LogP) is 2.62. The van der Waals surface area contributed by atoms with Crippen molar-refractivity contribution in [3.05, 3.63) is 12.7 Å². The van der Waals surface area contributed by atoms with Crippen LogP contribution < -0.4 is 0 Å². The molecule has 8 heteroatoms. The lowest BCUT2D eigenvalue weighted by Gasteiger charge is -2.39. The normalized spacial score (nSPS) is 33.8. The zero-order valence-electron chi connectivity index (χ0n) is 19.8. The lowest BCUT2D eigenvalue weighted by molar-refractivity contribution is -0.155. The summed E-state index contributed by atoms with van der Waals surface area (Å²) in [5.41, 5.74) is 0. The highest BCUT2D eigenvalue weighted by Gasteiger charge is 2.77. The molecule has 3 rings (SSSR count). The molecule has 1 N–H and O–H groups in total. The molecule has 180 valence electrons. The van der Waals surface area contributed by atoms with Crippen LogP contribution in [0.1, 0.15) is 59.8 Å². The minimum Gasteiger partial charge on any atom is -0.466 e. The van der Waals surface area contributed by atoms with Crippen LogP contribution in [-0.2, 0) is 19.1 Å². The third-order valence-corrected chi connectivity index (χ3v) is 9.44. The summed E-state index contributed by atoms with van der Waals surface area (Å²) in [5.74, 6) is -1.66. The Bertz CT molecular complexity index is 761. The van der Waals surface area contributed by atoms with E-state index in [1.165, 1.54) is 0 Å². The van der Waals surface area contributed by atoms with Gasteiger partial charge in [0.1, 0.15) is 6.04 Å². The standard InChI is InChI=1S/C24H38N2O5S/c1-6-10-16(4)25(13-7-2)21(29)19-24-12-11-23(5,32-24)18(22(30)31-8-3)17(24)20(28)26(19)14-9-15-27/h7,16-19,27H,2,6,8-15H2,1,3-5H3/t16?,17-,18-,19?,23+,24?/m0/s1. The summed E-state index contributed by atoms with van der Waals surface area (Å²) in [6.45, 7) is 12.7. The summed E-state index contributed by atoms with van der Waals surface area (Å²) in [5, 5.41) is 9.45. The first kappa shape index (κ1) is 25.1. The van der Waals surface area contributed by atoms with Gasteiger partial charge in [0.25, 0.3) is 0 Å². The number of ether oxygens (including phenoxy) is 1. The van der Waals surface area contributed by atoms with E-state index in [0.29, 0.717) is 19.5 Å². The number of nitrogens with zero attached hydrogens (tertiary/aromatic N) is 2. The van der Waals surface area contributed by atoms with E-state index in [4.69, 9.17) is 4.74 Å². The second-order valence-electron chi connectivity index (χ2n) is 9.51. The Morgan fingerprint density at radius 3 is 2.72 bits per heavy atom. The molecule has 2 amide bonds. The van der Waals surface area contributed by atoms with Crippen molar-refractivity contribution in [2.24, 2.45) is 11.8 Å². The van der Waals surface area contributed by atoms with Crippen molar-refractivity contribution in [1.82, 2.24) is 9.80 Å². The van der Waals surface area contributed by atoms with Gasteiger partial charge in [-0.1, -0.05) is 19.4 Å². The number of aliphatic hydroxyl groups is 1. The molecule has 0 radical (unpaired) electrons. The third-order valence-electron chi connectivity index (χ3n) is 7.46. The molecule has 3 unspecified atom stereocenters. The van der Waals surface area contributed by atoms with Gasteiger partial charge in [0.15, 0.2) is 0 Å². The smallest absolute Gasteiger partial charge is 0.311 e. The number of hydrogen-bond donors (Lipinski definition) is 1. The topological polar surface area (TPSA) is 87.2 Å². The van der Waals surface area contributed by atoms with Crippen LogP contribution in [0, 0.1) is 11.8 Å². The maximum Gasteiger partial charge on any atom is 0.311 e. The molecule has 0 aromatic rings. The highest BCUT2D eigenvalue weighted by atomic mass is 32.2. The highest BCUT2D eigenvalue weighted by molar-refractivity contribution is 8.02. The first-order chi connectivity index (χ1) is 15.2. The van der Waals surface area contributed by atoms with E-state index in [-0.39, 0.29) is 37.0 Å². The number of carbonyl (C=O) groups excluding carboxylic acids is 3. The summed E-state index contributed by atoms with van der Waals surface area (Å²) < 4.78 is 4.35. The molecule has 1 spiro atoms. The van der Waals surface area contributed by atoms with Gasteiger partial charge < -0.3 is 19.6 Å². The Kier molecular flexibility index (Phi) is 7.65. The Hall–Kier alpha value is -1.54. The van der Waals surface area contributed by atoms with E-state index in [9.17, 15) is 19.5 Å². The number of fused-ring (bicyclic) bond motifs is 1. The van der Waals surface area contributed by atoms with Gasteiger partial charge in [-0.05, 0) is 46.5 Å². The Labute approximate surface area is 195 Å². The van der Waals surface area contributed by atoms with Crippen molar-refractivity contribution in [3.8, 4) is 0 Å². The second kappa shape index (κ2) is 9.75. The van der Waals surface area contributed by atoms with Crippen molar-refractivity contribution >= 4 is 29.5 Å². The molecule has 0 saturated carbocycles. The first-order valence-corrected chi connectivity index (χ1v) is 12.7. The molecule has 2 bridgehead atoms. The fraction of sp³-hybridized carbons (Fsp3) is 0.792. The molecule has 0 aromatic carbocycles. The van der Waals surface area contributed by atoms with Crippen LogP contribution in [0.3, 0.4) is 0 Å². The largest absolute Gasteiger partial charge is 0.466 e. The summed E-state index contributed by atoms with van der Waals surface area (Å²) in [4.78, 5) is 44.3. The number of thioether (sulfide) groups is 1. The molecular formula is C24H38N2O5S. The SMILES string of the molecule is C=CCN(C(=O)C1N(CCCO)C(=O)[C@@H]2[C@@H](C(=O)OCC)[C@@]3(C)CCC12S3)C(C)CCC. The maximum atomic E-state index is 14.1. The van der Waals surface area contributed by atoms with Crippen molar-refractivity contribution in [2.45, 2.75) is 81.4 Å². The third kappa shape index (κ3) is 3.87. The van der Waals surface area contributed by atoms with E-state index >= 15 is 0 Å². The molecule has 3 aliphatic rings.